The summed E-state index contributed by atoms with van der Waals surface area (Å²) >= 11 is 6.20. The van der Waals surface area contributed by atoms with Crippen LogP contribution in [0, 0.1) is 19.8 Å². The van der Waals surface area contributed by atoms with Crippen molar-refractivity contribution in [3.8, 4) is 0 Å². The molecular weight excluding hydrogens is 312 g/mol. The van der Waals surface area contributed by atoms with Gasteiger partial charge in [-0.15, -0.1) is 0 Å². The van der Waals surface area contributed by atoms with Gasteiger partial charge in [0, 0.05) is 6.54 Å². The third-order valence-corrected chi connectivity index (χ3v) is 3.54. The first-order chi connectivity index (χ1) is 10.9. The molecule has 1 aromatic heterocycles. The van der Waals surface area contributed by atoms with Crippen molar-refractivity contribution in [2.24, 2.45) is 5.92 Å². The van der Waals surface area contributed by atoms with Gasteiger partial charge in [0.15, 0.2) is 0 Å². The maximum atomic E-state index is 12.3. The highest BCUT2D eigenvalue weighted by Crippen LogP contribution is 2.27. The van der Waals surface area contributed by atoms with Crippen LogP contribution in [0.1, 0.15) is 35.5 Å². The number of amides is 1. The number of carbonyl (C=O) groups excluding carboxylic acids is 1. The van der Waals surface area contributed by atoms with E-state index in [9.17, 15) is 4.79 Å². The van der Waals surface area contributed by atoms with Crippen molar-refractivity contribution < 1.29 is 4.79 Å². The summed E-state index contributed by atoms with van der Waals surface area (Å²) in [5.41, 5.74) is 2.81. The van der Waals surface area contributed by atoms with Crippen molar-refractivity contribution in [1.82, 2.24) is 9.97 Å². The van der Waals surface area contributed by atoms with Crippen molar-refractivity contribution in [3.05, 3.63) is 46.4 Å². The zero-order valence-electron chi connectivity index (χ0n) is 13.8. The normalized spacial score (nSPS) is 10.7. The Labute approximate surface area is 141 Å². The molecule has 1 heterocycles. The van der Waals surface area contributed by atoms with Gasteiger partial charge in [0.25, 0.3) is 5.91 Å². The number of hydrogen-bond acceptors (Lipinski definition) is 4. The van der Waals surface area contributed by atoms with E-state index in [0.717, 1.165) is 17.7 Å². The van der Waals surface area contributed by atoms with Crippen LogP contribution in [-0.4, -0.2) is 22.4 Å². The van der Waals surface area contributed by atoms with Gasteiger partial charge in [-0.05, 0) is 37.0 Å². The summed E-state index contributed by atoms with van der Waals surface area (Å²) in [7, 11) is 0. The van der Waals surface area contributed by atoms with Crippen molar-refractivity contribution in [1.29, 1.82) is 0 Å². The van der Waals surface area contributed by atoms with Gasteiger partial charge in [0.1, 0.15) is 11.5 Å². The number of aryl methyl sites for hydroxylation is 2. The second kappa shape index (κ2) is 7.42. The number of rotatable bonds is 5. The van der Waals surface area contributed by atoms with E-state index in [1.54, 1.807) is 6.20 Å². The fraction of sp³-hybridized carbons (Fsp3) is 0.353. The molecule has 0 saturated carbocycles. The fourth-order valence-electron chi connectivity index (χ4n) is 2.10. The Morgan fingerprint density at radius 2 is 1.96 bits per heavy atom. The molecule has 0 saturated heterocycles. The Bertz CT molecular complexity index is 675. The molecule has 0 aliphatic heterocycles. The second-order valence-corrected chi connectivity index (χ2v) is 6.36. The zero-order valence-corrected chi connectivity index (χ0v) is 14.5. The zero-order chi connectivity index (χ0) is 17.0. The highest BCUT2D eigenvalue weighted by molar-refractivity contribution is 6.34. The summed E-state index contributed by atoms with van der Waals surface area (Å²) in [6.07, 6.45) is 3.01. The Kier molecular flexibility index (Phi) is 5.55. The topological polar surface area (TPSA) is 66.9 Å². The molecule has 0 spiro atoms. The summed E-state index contributed by atoms with van der Waals surface area (Å²) in [5, 5.41) is 6.47. The van der Waals surface area contributed by atoms with Gasteiger partial charge in [-0.1, -0.05) is 31.5 Å². The molecule has 0 atom stereocenters. The summed E-state index contributed by atoms with van der Waals surface area (Å²) in [4.78, 5) is 20.6. The molecule has 0 aliphatic rings. The van der Waals surface area contributed by atoms with E-state index < -0.39 is 0 Å². The van der Waals surface area contributed by atoms with Crippen molar-refractivity contribution in [3.63, 3.8) is 0 Å². The lowest BCUT2D eigenvalue weighted by Crippen LogP contribution is -2.16. The van der Waals surface area contributed by atoms with Gasteiger partial charge < -0.3 is 10.6 Å². The number of nitrogens with zero attached hydrogens (tertiary/aromatic N) is 2. The molecular formula is C17H21ClN4O. The van der Waals surface area contributed by atoms with Gasteiger partial charge in [-0.3, -0.25) is 4.79 Å². The van der Waals surface area contributed by atoms with Gasteiger partial charge in [0.2, 0.25) is 0 Å². The minimum atomic E-state index is -0.332. The maximum absolute atomic E-state index is 12.3. The average Bonchev–Trinajstić information content (AvgIpc) is 2.49. The molecule has 2 rings (SSSR count). The minimum absolute atomic E-state index is 0.246. The van der Waals surface area contributed by atoms with E-state index in [2.05, 4.69) is 34.4 Å². The Morgan fingerprint density at radius 1 is 1.22 bits per heavy atom. The predicted octanol–water partition coefficient (Wildman–Crippen LogP) is 4.07. The fourth-order valence-corrected chi connectivity index (χ4v) is 2.47. The summed E-state index contributed by atoms with van der Waals surface area (Å²) in [6.45, 7) is 8.88. The van der Waals surface area contributed by atoms with Gasteiger partial charge in [-0.2, -0.15) is 0 Å². The van der Waals surface area contributed by atoms with Crippen LogP contribution < -0.4 is 10.6 Å². The average molecular weight is 333 g/mol. The van der Waals surface area contributed by atoms with Gasteiger partial charge >= 0.3 is 0 Å². The maximum Gasteiger partial charge on any atom is 0.275 e. The van der Waals surface area contributed by atoms with E-state index in [0.29, 0.717) is 22.4 Å². The number of benzene rings is 1. The van der Waals surface area contributed by atoms with Crippen LogP contribution in [0.3, 0.4) is 0 Å². The number of hydrogen-bond donors (Lipinski definition) is 2. The van der Waals surface area contributed by atoms with Crippen molar-refractivity contribution >= 4 is 29.0 Å². The Hall–Kier alpha value is -2.14. The molecule has 5 nitrogen and oxygen atoms in total. The van der Waals surface area contributed by atoms with E-state index in [1.807, 2.05) is 26.0 Å². The van der Waals surface area contributed by atoms with Crippen molar-refractivity contribution in [2.45, 2.75) is 27.7 Å². The smallest absolute Gasteiger partial charge is 0.275 e. The van der Waals surface area contributed by atoms with Crippen molar-refractivity contribution in [2.75, 3.05) is 17.2 Å². The van der Waals surface area contributed by atoms with Gasteiger partial charge in [-0.25, -0.2) is 9.97 Å². The molecule has 6 heteroatoms. The quantitative estimate of drug-likeness (QED) is 0.866. The molecule has 1 amide bonds. The van der Waals surface area contributed by atoms with Crippen LogP contribution in [0.4, 0.5) is 11.5 Å². The second-order valence-electron chi connectivity index (χ2n) is 5.95. The summed E-state index contributed by atoms with van der Waals surface area (Å²) in [6, 6.07) is 3.78. The number of halogens is 1. The number of nitrogens with one attached hydrogen (secondary N) is 2. The molecule has 2 N–H and O–H groups in total. The van der Waals surface area contributed by atoms with E-state index in [-0.39, 0.29) is 11.6 Å². The predicted molar refractivity (Wildman–Crippen MR) is 94.2 cm³/mol. The number of aromatic nitrogens is 2. The highest BCUT2D eigenvalue weighted by Gasteiger charge is 2.13. The number of carbonyl (C=O) groups is 1. The van der Waals surface area contributed by atoms with Gasteiger partial charge in [0.05, 0.1) is 23.1 Å². The first-order valence-electron chi connectivity index (χ1n) is 7.51. The SMILES string of the molecule is Cc1cc(C)c(NC(=O)c2cnc(NCC(C)C)cn2)c(Cl)c1. The molecule has 122 valence electrons. The summed E-state index contributed by atoms with van der Waals surface area (Å²) in [5.74, 6) is 0.827. The third-order valence-electron chi connectivity index (χ3n) is 3.25. The van der Waals surface area contributed by atoms with Crippen LogP contribution in [0.2, 0.25) is 5.02 Å². The van der Waals surface area contributed by atoms with Crippen LogP contribution in [-0.2, 0) is 0 Å². The van der Waals surface area contributed by atoms with E-state index in [4.69, 9.17) is 11.6 Å². The van der Waals surface area contributed by atoms with Crippen LogP contribution in [0.15, 0.2) is 24.5 Å². The Morgan fingerprint density at radius 3 is 2.52 bits per heavy atom. The molecule has 0 radical (unpaired) electrons. The molecule has 2 aromatic rings. The standard InChI is InChI=1S/C17H21ClN4O/c1-10(2)7-20-15-9-19-14(8-21-15)17(23)22-16-12(4)5-11(3)6-13(16)18/h5-6,8-10H,7H2,1-4H3,(H,20,21)(H,22,23). The lowest BCUT2D eigenvalue weighted by atomic mass is 10.1. The molecule has 0 fully saturated rings. The highest BCUT2D eigenvalue weighted by atomic mass is 35.5. The lowest BCUT2D eigenvalue weighted by Gasteiger charge is -2.11. The summed E-state index contributed by atoms with van der Waals surface area (Å²) < 4.78 is 0. The molecule has 0 aliphatic carbocycles. The first-order valence-corrected chi connectivity index (χ1v) is 7.88. The van der Waals surface area contributed by atoms with E-state index in [1.165, 1.54) is 6.20 Å². The van der Waals surface area contributed by atoms with Crippen LogP contribution >= 0.6 is 11.6 Å². The monoisotopic (exact) mass is 332 g/mol. The van der Waals surface area contributed by atoms with E-state index >= 15 is 0 Å². The molecule has 0 bridgehead atoms. The molecule has 23 heavy (non-hydrogen) atoms. The number of anilines is 2. The Balaban J connectivity index is 2.09. The minimum Gasteiger partial charge on any atom is -0.369 e. The molecule has 0 unspecified atom stereocenters. The first kappa shape index (κ1) is 17.2. The van der Waals surface area contributed by atoms with Crippen LogP contribution in [0.25, 0.3) is 0 Å². The van der Waals surface area contributed by atoms with Crippen LogP contribution in [0.5, 0.6) is 0 Å². The lowest BCUT2D eigenvalue weighted by molar-refractivity contribution is 0.102. The third kappa shape index (κ3) is 4.66. The molecule has 1 aromatic carbocycles. The largest absolute Gasteiger partial charge is 0.369 e.